The van der Waals surface area contributed by atoms with Gasteiger partial charge >= 0.3 is 11.9 Å². The van der Waals surface area contributed by atoms with Crippen molar-refractivity contribution < 1.29 is 14.2 Å². The molecule has 2 aliphatic rings. The molecule has 0 radical (unpaired) electrons. The molecular formula is C14H20N3O2S+. The Hall–Kier alpha value is -1.43. The summed E-state index contributed by atoms with van der Waals surface area (Å²) in [6, 6.07) is -0.327. The van der Waals surface area contributed by atoms with Crippen LogP contribution in [0.4, 0.5) is 4.79 Å². The second-order valence-corrected chi connectivity index (χ2v) is 6.58. The average Bonchev–Trinajstić information content (AvgIpc) is 2.42. The molecule has 0 aliphatic carbocycles. The van der Waals surface area contributed by atoms with Gasteiger partial charge in [-0.2, -0.15) is 9.48 Å². The second kappa shape index (κ2) is 5.91. The fraction of sp³-hybridized carbons (Fsp3) is 0.571. The summed E-state index contributed by atoms with van der Waals surface area (Å²) >= 11 is 1.68. The van der Waals surface area contributed by atoms with Gasteiger partial charge in [-0.05, 0) is 24.2 Å². The van der Waals surface area contributed by atoms with Gasteiger partial charge < -0.3 is 0 Å². The van der Waals surface area contributed by atoms with Gasteiger partial charge in [0.25, 0.3) is 5.84 Å². The van der Waals surface area contributed by atoms with Crippen LogP contribution in [0.25, 0.3) is 0 Å². The smallest absolute Gasteiger partial charge is 0.255 e. The molecule has 2 aliphatic heterocycles. The van der Waals surface area contributed by atoms with Crippen molar-refractivity contribution in [3.05, 3.63) is 11.0 Å². The van der Waals surface area contributed by atoms with E-state index in [4.69, 9.17) is 0 Å². The number of hydrogen-bond acceptors (Lipinski definition) is 4. The second-order valence-electron chi connectivity index (χ2n) is 5.41. The van der Waals surface area contributed by atoms with Crippen molar-refractivity contribution in [2.24, 2.45) is 16.8 Å². The van der Waals surface area contributed by atoms with Gasteiger partial charge in [0.15, 0.2) is 5.92 Å². The minimum Gasteiger partial charge on any atom is -0.255 e. The monoisotopic (exact) mass is 294 g/mol. The first-order valence-corrected chi connectivity index (χ1v) is 7.71. The first-order valence-electron chi connectivity index (χ1n) is 6.72. The quantitative estimate of drug-likeness (QED) is 0.745. The molecule has 1 atom stereocenters. The fourth-order valence-electron chi connectivity index (χ4n) is 2.15. The van der Waals surface area contributed by atoms with Crippen LogP contribution < -0.4 is 0 Å². The number of allylic oxidation sites excluding steroid dienone is 1. The molecule has 3 amide bonds. The number of fused-ring (bicyclic) bond motifs is 1. The van der Waals surface area contributed by atoms with Crippen molar-refractivity contribution in [3.63, 3.8) is 0 Å². The Labute approximate surface area is 123 Å². The van der Waals surface area contributed by atoms with Gasteiger partial charge in [-0.3, -0.25) is 4.79 Å². The topological polar surface area (TPSA) is 52.8 Å². The summed E-state index contributed by atoms with van der Waals surface area (Å²) in [5.41, 5.74) is 0. The van der Waals surface area contributed by atoms with Crippen LogP contribution in [0.2, 0.25) is 0 Å². The number of imide groups is 1. The van der Waals surface area contributed by atoms with Crippen LogP contribution in [0.5, 0.6) is 0 Å². The Morgan fingerprint density at radius 3 is 2.80 bits per heavy atom. The molecule has 1 unspecified atom stereocenters. The lowest BCUT2D eigenvalue weighted by Gasteiger charge is -2.26. The molecule has 0 aromatic rings. The van der Waals surface area contributed by atoms with E-state index in [9.17, 15) is 9.59 Å². The number of hydrogen-bond donors (Lipinski definition) is 0. The van der Waals surface area contributed by atoms with Crippen LogP contribution in [0, 0.1) is 11.8 Å². The molecule has 0 bridgehead atoms. The maximum atomic E-state index is 12.4. The van der Waals surface area contributed by atoms with Gasteiger partial charge in [-0.15, -0.1) is 16.8 Å². The molecule has 0 fully saturated rings. The molecule has 6 heteroatoms. The zero-order valence-corrected chi connectivity index (χ0v) is 13.1. The maximum Gasteiger partial charge on any atom is 0.445 e. The fourth-order valence-corrected chi connectivity index (χ4v) is 3.51. The molecule has 5 nitrogen and oxygen atoms in total. The number of thioether (sulfide) groups is 1. The summed E-state index contributed by atoms with van der Waals surface area (Å²) in [5, 5.41) is 0. The molecule has 0 N–H and O–H groups in total. The van der Waals surface area contributed by atoms with Crippen molar-refractivity contribution >= 4 is 35.8 Å². The Bertz CT molecular complexity index is 535. The summed E-state index contributed by atoms with van der Waals surface area (Å²) in [5.74, 6) is 1.52. The van der Waals surface area contributed by atoms with Gasteiger partial charge in [-0.25, -0.2) is 4.79 Å². The van der Waals surface area contributed by atoms with Gasteiger partial charge in [0.05, 0.1) is 14.1 Å². The lowest BCUT2D eigenvalue weighted by molar-refractivity contribution is -0.407. The molecule has 2 rings (SSSR count). The third kappa shape index (κ3) is 2.70. The predicted octanol–water partition coefficient (Wildman–Crippen LogP) is 1.98. The molecule has 0 saturated carbocycles. The molecule has 0 spiro atoms. The molecule has 0 aromatic carbocycles. The highest BCUT2D eigenvalue weighted by Crippen LogP contribution is 2.32. The highest BCUT2D eigenvalue weighted by Gasteiger charge is 2.46. The summed E-state index contributed by atoms with van der Waals surface area (Å²) in [6.07, 6.45) is 4.65. The Morgan fingerprint density at radius 2 is 2.15 bits per heavy atom. The first kappa shape index (κ1) is 15.0. The van der Waals surface area contributed by atoms with Crippen molar-refractivity contribution in [1.82, 2.24) is 4.90 Å². The summed E-state index contributed by atoms with van der Waals surface area (Å²) in [7, 11) is 3.18. The third-order valence-electron chi connectivity index (χ3n) is 3.45. The van der Waals surface area contributed by atoms with E-state index in [0.717, 1.165) is 17.1 Å². The van der Waals surface area contributed by atoms with E-state index in [2.05, 4.69) is 18.8 Å². The number of nitrogens with zero attached hydrogens (tertiary/aromatic N) is 3. The minimum absolute atomic E-state index is 0.191. The molecule has 108 valence electrons. The number of amides is 3. The van der Waals surface area contributed by atoms with E-state index in [1.807, 2.05) is 6.08 Å². The standard InChI is InChI=1S/C14H20N3O2S/c1-9(2)6-8-20-10-5-7-15-12-11(10)13(18)17(4)14(19)16(12)3/h5,7,9,11H,6,8H2,1-4H3/q+1. The van der Waals surface area contributed by atoms with Crippen LogP contribution in [-0.4, -0.2) is 53.3 Å². The summed E-state index contributed by atoms with van der Waals surface area (Å²) in [6.45, 7) is 4.36. The van der Waals surface area contributed by atoms with Crippen molar-refractivity contribution in [1.29, 1.82) is 0 Å². The third-order valence-corrected chi connectivity index (χ3v) is 4.59. The number of amidine groups is 1. The van der Waals surface area contributed by atoms with Crippen LogP contribution in [-0.2, 0) is 4.79 Å². The Morgan fingerprint density at radius 1 is 1.45 bits per heavy atom. The molecule has 20 heavy (non-hydrogen) atoms. The Balaban J connectivity index is 2.24. The SMILES string of the molecule is CC(C)CCSC1=CC=NC2=[N+](C)C(=O)N(C)C(=O)C12. The van der Waals surface area contributed by atoms with Crippen LogP contribution in [0.15, 0.2) is 16.0 Å². The van der Waals surface area contributed by atoms with Gasteiger partial charge in [0, 0.05) is 4.91 Å². The highest BCUT2D eigenvalue weighted by atomic mass is 32.2. The Kier molecular flexibility index (Phi) is 4.42. The summed E-state index contributed by atoms with van der Waals surface area (Å²) < 4.78 is 1.46. The number of dihydropyridines is 1. The zero-order valence-electron chi connectivity index (χ0n) is 12.3. The number of carbonyl (C=O) groups is 2. The first-order chi connectivity index (χ1) is 9.43. The molecular weight excluding hydrogens is 274 g/mol. The van der Waals surface area contributed by atoms with E-state index < -0.39 is 5.92 Å². The molecule has 2 heterocycles. The van der Waals surface area contributed by atoms with Crippen molar-refractivity contribution in [2.45, 2.75) is 20.3 Å². The van der Waals surface area contributed by atoms with Gasteiger partial charge in [-0.1, -0.05) is 13.8 Å². The number of rotatable bonds is 4. The van der Waals surface area contributed by atoms with E-state index in [-0.39, 0.29) is 11.9 Å². The molecule has 0 aromatic heterocycles. The number of carbonyl (C=O) groups excluding carboxylic acids is 2. The predicted molar refractivity (Wildman–Crippen MR) is 81.3 cm³/mol. The van der Waals surface area contributed by atoms with E-state index in [1.165, 1.54) is 16.5 Å². The average molecular weight is 294 g/mol. The number of aliphatic imine (C=N–C) groups is 1. The van der Waals surface area contributed by atoms with Crippen molar-refractivity contribution in [3.8, 4) is 0 Å². The number of urea groups is 1. The maximum absolute atomic E-state index is 12.4. The van der Waals surface area contributed by atoms with E-state index >= 15 is 0 Å². The van der Waals surface area contributed by atoms with Gasteiger partial charge in [0.2, 0.25) is 0 Å². The molecule has 0 saturated heterocycles. The van der Waals surface area contributed by atoms with Crippen LogP contribution in [0.3, 0.4) is 0 Å². The zero-order chi connectivity index (χ0) is 14.9. The minimum atomic E-state index is -0.426. The largest absolute Gasteiger partial charge is 0.445 e. The van der Waals surface area contributed by atoms with Crippen LogP contribution >= 0.6 is 11.8 Å². The summed E-state index contributed by atoms with van der Waals surface area (Å²) in [4.78, 5) is 30.6. The van der Waals surface area contributed by atoms with Crippen molar-refractivity contribution in [2.75, 3.05) is 19.8 Å². The van der Waals surface area contributed by atoms with Crippen LogP contribution in [0.1, 0.15) is 20.3 Å². The lowest BCUT2D eigenvalue weighted by atomic mass is 10.0. The van der Waals surface area contributed by atoms with Gasteiger partial charge in [0.1, 0.15) is 6.21 Å². The van der Waals surface area contributed by atoms with E-state index in [1.54, 1.807) is 25.0 Å². The normalized spacial score (nSPS) is 22.6. The lowest BCUT2D eigenvalue weighted by Crippen LogP contribution is -2.52. The van der Waals surface area contributed by atoms with E-state index in [0.29, 0.717) is 11.8 Å². The highest BCUT2D eigenvalue weighted by molar-refractivity contribution is 8.03.